The van der Waals surface area contributed by atoms with E-state index in [1.165, 1.54) is 0 Å². The number of hydrogen-bond acceptors (Lipinski definition) is 5. The predicted molar refractivity (Wildman–Crippen MR) is 117 cm³/mol. The molecule has 0 bridgehead atoms. The average Bonchev–Trinajstić information content (AvgIpc) is 3.19. The number of carbonyl (C=O) groups excluding carboxylic acids is 1. The molecule has 1 aliphatic rings. The van der Waals surface area contributed by atoms with Gasteiger partial charge in [-0.1, -0.05) is 40.5 Å². The van der Waals surface area contributed by atoms with E-state index in [9.17, 15) is 4.79 Å². The maximum Gasteiger partial charge on any atom is 0.241 e. The van der Waals surface area contributed by atoms with Crippen molar-refractivity contribution in [2.75, 3.05) is 18.4 Å². The lowest BCUT2D eigenvalue weighted by atomic mass is 9.97. The van der Waals surface area contributed by atoms with E-state index in [2.05, 4.69) is 20.4 Å². The summed E-state index contributed by atoms with van der Waals surface area (Å²) in [6.45, 7) is 6.10. The van der Waals surface area contributed by atoms with Crippen LogP contribution < -0.4 is 5.32 Å². The fourth-order valence-electron chi connectivity index (χ4n) is 3.83. The Morgan fingerprint density at radius 3 is 2.93 bits per heavy atom. The van der Waals surface area contributed by atoms with Crippen molar-refractivity contribution in [3.8, 4) is 11.4 Å². The Morgan fingerprint density at radius 2 is 2.13 bits per heavy atom. The monoisotopic (exact) mass is 424 g/mol. The maximum atomic E-state index is 12.8. The summed E-state index contributed by atoms with van der Waals surface area (Å²) in [6.07, 6.45) is 1.82. The number of hydrogen-bond donors (Lipinski definition) is 1. The lowest BCUT2D eigenvalue weighted by Gasteiger charge is -2.31. The zero-order valence-corrected chi connectivity index (χ0v) is 17.9. The number of aryl methyl sites for hydroxylation is 2. The molecule has 6 nitrogen and oxygen atoms in total. The largest absolute Gasteiger partial charge is 0.338 e. The van der Waals surface area contributed by atoms with E-state index in [-0.39, 0.29) is 11.8 Å². The molecule has 1 atom stereocenters. The first-order chi connectivity index (χ1) is 14.5. The van der Waals surface area contributed by atoms with Gasteiger partial charge in [-0.05, 0) is 63.1 Å². The molecule has 4 rings (SSSR count). The van der Waals surface area contributed by atoms with Crippen LogP contribution in [0.2, 0.25) is 5.02 Å². The molecule has 1 aromatic heterocycles. The third kappa shape index (κ3) is 4.89. The Labute approximate surface area is 181 Å². The lowest BCUT2D eigenvalue weighted by molar-refractivity contribution is -0.121. The standard InChI is InChI=1S/C23H25ClN4O2/c1-15-5-3-6-17(11-15)22-26-21(30-27-22)14-28-10-4-7-18(13-28)23(29)25-20-9-8-19(24)12-16(20)2/h3,5-6,8-9,11-12,18H,4,7,10,13-14H2,1-2H3,(H,25,29). The van der Waals surface area contributed by atoms with Gasteiger partial charge < -0.3 is 9.84 Å². The highest BCUT2D eigenvalue weighted by Gasteiger charge is 2.27. The maximum absolute atomic E-state index is 12.8. The third-order valence-electron chi connectivity index (χ3n) is 5.43. The van der Waals surface area contributed by atoms with Crippen molar-refractivity contribution in [2.45, 2.75) is 33.2 Å². The van der Waals surface area contributed by atoms with Gasteiger partial charge in [-0.15, -0.1) is 0 Å². The number of anilines is 1. The highest BCUT2D eigenvalue weighted by atomic mass is 35.5. The van der Waals surface area contributed by atoms with Crippen LogP contribution in [0.5, 0.6) is 0 Å². The van der Waals surface area contributed by atoms with E-state index in [4.69, 9.17) is 16.1 Å². The quantitative estimate of drug-likeness (QED) is 0.633. The Bertz CT molecular complexity index is 1050. The van der Waals surface area contributed by atoms with Crippen molar-refractivity contribution in [1.82, 2.24) is 15.0 Å². The van der Waals surface area contributed by atoms with Gasteiger partial charge in [0.15, 0.2) is 0 Å². The van der Waals surface area contributed by atoms with E-state index in [0.717, 1.165) is 41.8 Å². The zero-order valence-electron chi connectivity index (χ0n) is 17.2. The molecule has 0 radical (unpaired) electrons. The van der Waals surface area contributed by atoms with Crippen LogP contribution in [0.1, 0.15) is 29.9 Å². The number of likely N-dealkylation sites (tertiary alicyclic amines) is 1. The van der Waals surface area contributed by atoms with Gasteiger partial charge in [0.05, 0.1) is 12.5 Å². The van der Waals surface area contributed by atoms with Crippen molar-refractivity contribution in [3.63, 3.8) is 0 Å². The summed E-state index contributed by atoms with van der Waals surface area (Å²) in [5.41, 5.74) is 3.86. The van der Waals surface area contributed by atoms with Crippen molar-refractivity contribution in [1.29, 1.82) is 0 Å². The number of nitrogens with zero attached hydrogens (tertiary/aromatic N) is 3. The number of aromatic nitrogens is 2. The van der Waals surface area contributed by atoms with E-state index in [1.807, 2.05) is 50.2 Å². The molecule has 30 heavy (non-hydrogen) atoms. The molecule has 1 aliphatic heterocycles. The first kappa shape index (κ1) is 20.6. The Hall–Kier alpha value is -2.70. The molecular formula is C23H25ClN4O2. The summed E-state index contributed by atoms with van der Waals surface area (Å²) in [5, 5.41) is 7.83. The fourth-order valence-corrected chi connectivity index (χ4v) is 4.05. The molecule has 0 saturated carbocycles. The molecular weight excluding hydrogens is 400 g/mol. The molecule has 2 aromatic carbocycles. The first-order valence-corrected chi connectivity index (χ1v) is 10.5. The van der Waals surface area contributed by atoms with Crippen LogP contribution in [0, 0.1) is 19.8 Å². The van der Waals surface area contributed by atoms with Crippen LogP contribution in [0.15, 0.2) is 47.0 Å². The Balaban J connectivity index is 1.38. The smallest absolute Gasteiger partial charge is 0.241 e. The number of carbonyl (C=O) groups is 1. The van der Waals surface area contributed by atoms with Gasteiger partial charge in [0.2, 0.25) is 17.6 Å². The molecule has 1 fully saturated rings. The zero-order chi connectivity index (χ0) is 21.1. The fraction of sp³-hybridized carbons (Fsp3) is 0.348. The summed E-state index contributed by atoms with van der Waals surface area (Å²) in [6, 6.07) is 13.5. The molecule has 0 spiro atoms. The topological polar surface area (TPSA) is 71.3 Å². The number of amides is 1. The van der Waals surface area contributed by atoms with E-state index in [1.54, 1.807) is 6.07 Å². The second kappa shape index (κ2) is 8.98. The molecule has 1 saturated heterocycles. The molecule has 2 heterocycles. The summed E-state index contributed by atoms with van der Waals surface area (Å²) in [4.78, 5) is 19.5. The number of nitrogens with one attached hydrogen (secondary N) is 1. The molecule has 7 heteroatoms. The second-order valence-corrected chi connectivity index (χ2v) is 8.34. The van der Waals surface area contributed by atoms with E-state index < -0.39 is 0 Å². The molecule has 156 valence electrons. The summed E-state index contributed by atoms with van der Waals surface area (Å²) in [5.74, 6) is 1.13. The van der Waals surface area contributed by atoms with Crippen LogP contribution in [-0.4, -0.2) is 34.0 Å². The van der Waals surface area contributed by atoms with Crippen LogP contribution >= 0.6 is 11.6 Å². The Morgan fingerprint density at radius 1 is 1.27 bits per heavy atom. The minimum atomic E-state index is -0.0759. The van der Waals surface area contributed by atoms with E-state index in [0.29, 0.717) is 29.8 Å². The van der Waals surface area contributed by atoms with Gasteiger partial charge in [-0.3, -0.25) is 9.69 Å². The van der Waals surface area contributed by atoms with E-state index >= 15 is 0 Å². The number of piperidine rings is 1. The number of benzene rings is 2. The summed E-state index contributed by atoms with van der Waals surface area (Å²) in [7, 11) is 0. The van der Waals surface area contributed by atoms with Gasteiger partial charge in [0, 0.05) is 22.8 Å². The van der Waals surface area contributed by atoms with Gasteiger partial charge in [-0.25, -0.2) is 0 Å². The van der Waals surface area contributed by atoms with Crippen LogP contribution in [0.3, 0.4) is 0 Å². The SMILES string of the molecule is Cc1cccc(-c2noc(CN3CCCC(C(=O)Nc4ccc(Cl)cc4C)C3)n2)c1. The van der Waals surface area contributed by atoms with Crippen LogP contribution in [0.4, 0.5) is 5.69 Å². The molecule has 3 aromatic rings. The Kier molecular flexibility index (Phi) is 6.16. The first-order valence-electron chi connectivity index (χ1n) is 10.2. The number of halogens is 1. The normalized spacial score (nSPS) is 17.1. The van der Waals surface area contributed by atoms with Gasteiger partial charge in [-0.2, -0.15) is 4.98 Å². The van der Waals surface area contributed by atoms with Gasteiger partial charge in [0.25, 0.3) is 0 Å². The van der Waals surface area contributed by atoms with Crippen LogP contribution in [-0.2, 0) is 11.3 Å². The van der Waals surface area contributed by atoms with Crippen molar-refractivity contribution >= 4 is 23.2 Å². The third-order valence-corrected chi connectivity index (χ3v) is 5.66. The minimum Gasteiger partial charge on any atom is -0.338 e. The van der Waals surface area contributed by atoms with Crippen molar-refractivity contribution in [2.24, 2.45) is 5.92 Å². The van der Waals surface area contributed by atoms with Crippen LogP contribution in [0.25, 0.3) is 11.4 Å². The highest BCUT2D eigenvalue weighted by Crippen LogP contribution is 2.24. The predicted octanol–water partition coefficient (Wildman–Crippen LogP) is 4.86. The van der Waals surface area contributed by atoms with Crippen molar-refractivity contribution in [3.05, 3.63) is 64.5 Å². The molecule has 1 amide bonds. The lowest BCUT2D eigenvalue weighted by Crippen LogP contribution is -2.40. The summed E-state index contributed by atoms with van der Waals surface area (Å²) >= 11 is 6.01. The summed E-state index contributed by atoms with van der Waals surface area (Å²) < 4.78 is 5.46. The minimum absolute atomic E-state index is 0.0381. The number of rotatable bonds is 5. The molecule has 0 aliphatic carbocycles. The van der Waals surface area contributed by atoms with Gasteiger partial charge in [0.1, 0.15) is 0 Å². The van der Waals surface area contributed by atoms with Crippen molar-refractivity contribution < 1.29 is 9.32 Å². The second-order valence-electron chi connectivity index (χ2n) is 7.90. The molecule has 1 unspecified atom stereocenters. The average molecular weight is 425 g/mol. The molecule has 1 N–H and O–H groups in total. The van der Waals surface area contributed by atoms with Gasteiger partial charge >= 0.3 is 0 Å². The highest BCUT2D eigenvalue weighted by molar-refractivity contribution is 6.30.